The number of amides is 2. The third kappa shape index (κ3) is 3.40. The van der Waals surface area contributed by atoms with Gasteiger partial charge in [-0.2, -0.15) is 18.3 Å². The van der Waals surface area contributed by atoms with E-state index in [1.54, 1.807) is 0 Å². The molecule has 1 aliphatic heterocycles. The van der Waals surface area contributed by atoms with Gasteiger partial charge in [-0.1, -0.05) is 0 Å². The highest BCUT2D eigenvalue weighted by Gasteiger charge is 2.43. The van der Waals surface area contributed by atoms with Gasteiger partial charge in [0.05, 0.1) is 28.4 Å². The molecule has 1 aliphatic rings. The largest absolute Gasteiger partial charge is 0.416 e. The van der Waals surface area contributed by atoms with E-state index in [0.717, 1.165) is 12.1 Å². The Bertz CT molecular complexity index is 825. The number of carbonyl (C=O) groups excluding carboxylic acids is 2. The molecule has 1 aromatic heterocycles. The molecule has 2 amide bonds. The molecule has 138 valence electrons. The first kappa shape index (κ1) is 17.9. The average molecular weight is 367 g/mol. The maximum atomic E-state index is 12.6. The van der Waals surface area contributed by atoms with Gasteiger partial charge in [0.2, 0.25) is 5.91 Å². The number of hydrogen-bond donors (Lipinski definition) is 3. The van der Waals surface area contributed by atoms with Crippen LogP contribution < -0.4 is 16.4 Å². The molecule has 0 saturated carbocycles. The fraction of sp³-hybridized carbons (Fsp3) is 0.312. The minimum atomic E-state index is -4.42. The van der Waals surface area contributed by atoms with Crippen molar-refractivity contribution in [3.8, 4) is 5.69 Å². The molecular formula is C16H16F3N5O2. The van der Waals surface area contributed by atoms with Crippen LogP contribution in [0.2, 0.25) is 0 Å². The highest BCUT2D eigenvalue weighted by atomic mass is 19.4. The van der Waals surface area contributed by atoms with Crippen molar-refractivity contribution in [2.24, 2.45) is 11.1 Å². The second-order valence-corrected chi connectivity index (χ2v) is 6.15. The highest BCUT2D eigenvalue weighted by Crippen LogP contribution is 2.29. The minimum absolute atomic E-state index is 0.0969. The first-order valence-electron chi connectivity index (χ1n) is 7.72. The van der Waals surface area contributed by atoms with E-state index in [2.05, 4.69) is 15.7 Å². The van der Waals surface area contributed by atoms with E-state index in [-0.39, 0.29) is 12.1 Å². The maximum absolute atomic E-state index is 12.6. The van der Waals surface area contributed by atoms with Crippen LogP contribution >= 0.6 is 0 Å². The Morgan fingerprint density at radius 3 is 2.42 bits per heavy atom. The Hall–Kier alpha value is -2.88. The SMILES string of the molecule is NC(=O)C1(CNC(=O)c2cnn(-c3ccc(C(F)(F)F)cc3)c2)CNC1. The summed E-state index contributed by atoms with van der Waals surface area (Å²) in [4.78, 5) is 23.7. The molecule has 0 spiro atoms. The van der Waals surface area contributed by atoms with Crippen molar-refractivity contribution in [3.05, 3.63) is 47.8 Å². The second kappa shape index (κ2) is 6.45. The van der Waals surface area contributed by atoms with E-state index in [4.69, 9.17) is 5.73 Å². The van der Waals surface area contributed by atoms with Gasteiger partial charge in [0, 0.05) is 25.8 Å². The smallest absolute Gasteiger partial charge is 0.369 e. The second-order valence-electron chi connectivity index (χ2n) is 6.15. The summed E-state index contributed by atoms with van der Waals surface area (Å²) in [5.74, 6) is -0.937. The van der Waals surface area contributed by atoms with E-state index >= 15 is 0 Å². The molecule has 4 N–H and O–H groups in total. The topological polar surface area (TPSA) is 102 Å². The van der Waals surface area contributed by atoms with Gasteiger partial charge in [0.15, 0.2) is 0 Å². The molecule has 3 rings (SSSR count). The molecule has 2 heterocycles. The molecule has 10 heteroatoms. The van der Waals surface area contributed by atoms with Crippen LogP contribution in [0.4, 0.5) is 13.2 Å². The molecule has 7 nitrogen and oxygen atoms in total. The minimum Gasteiger partial charge on any atom is -0.369 e. The quantitative estimate of drug-likeness (QED) is 0.724. The lowest BCUT2D eigenvalue weighted by molar-refractivity contribution is -0.137. The highest BCUT2D eigenvalue weighted by molar-refractivity contribution is 5.94. The number of nitrogens with zero attached hydrogens (tertiary/aromatic N) is 2. The standard InChI is InChI=1S/C16H16F3N5O2/c17-16(18,19)11-1-3-12(4-2-11)24-6-10(5-23-24)13(25)22-9-15(14(20)26)7-21-8-15/h1-6,21H,7-9H2,(H2,20,26)(H,22,25). The van der Waals surface area contributed by atoms with Gasteiger partial charge in [-0.3, -0.25) is 9.59 Å². The summed E-state index contributed by atoms with van der Waals surface area (Å²) in [6, 6.07) is 4.41. The van der Waals surface area contributed by atoms with Gasteiger partial charge < -0.3 is 16.4 Å². The first-order chi connectivity index (χ1) is 12.2. The molecule has 1 aromatic carbocycles. The summed E-state index contributed by atoms with van der Waals surface area (Å²) < 4.78 is 39.1. The monoisotopic (exact) mass is 367 g/mol. The third-order valence-corrected chi connectivity index (χ3v) is 4.34. The summed E-state index contributed by atoms with van der Waals surface area (Å²) in [5.41, 5.74) is 4.40. The lowest BCUT2D eigenvalue weighted by Gasteiger charge is -2.39. The number of alkyl halides is 3. The van der Waals surface area contributed by atoms with Crippen LogP contribution in [-0.4, -0.2) is 41.2 Å². The van der Waals surface area contributed by atoms with Crippen molar-refractivity contribution in [1.82, 2.24) is 20.4 Å². The van der Waals surface area contributed by atoms with E-state index in [1.807, 2.05) is 0 Å². The molecule has 26 heavy (non-hydrogen) atoms. The van der Waals surface area contributed by atoms with Gasteiger partial charge in [0.1, 0.15) is 0 Å². The van der Waals surface area contributed by atoms with Gasteiger partial charge >= 0.3 is 6.18 Å². The zero-order valence-corrected chi connectivity index (χ0v) is 13.5. The summed E-state index contributed by atoms with van der Waals surface area (Å²) in [6.45, 7) is 0.889. The molecule has 0 atom stereocenters. The summed E-state index contributed by atoms with van der Waals surface area (Å²) in [6.07, 6.45) is -1.72. The number of aromatic nitrogens is 2. The van der Waals surface area contributed by atoms with Crippen LogP contribution in [0.3, 0.4) is 0 Å². The molecule has 0 unspecified atom stereocenters. The van der Waals surface area contributed by atoms with Crippen LogP contribution in [0.25, 0.3) is 5.69 Å². The van der Waals surface area contributed by atoms with E-state index < -0.39 is 29.0 Å². The Labute approximate surface area is 146 Å². The number of rotatable bonds is 5. The van der Waals surface area contributed by atoms with Gasteiger partial charge in [0.25, 0.3) is 5.91 Å². The van der Waals surface area contributed by atoms with E-state index in [9.17, 15) is 22.8 Å². The molecule has 0 bridgehead atoms. The van der Waals surface area contributed by atoms with Crippen LogP contribution in [0, 0.1) is 5.41 Å². The Kier molecular flexibility index (Phi) is 4.45. The maximum Gasteiger partial charge on any atom is 0.416 e. The van der Waals surface area contributed by atoms with Crippen LogP contribution in [0.5, 0.6) is 0 Å². The van der Waals surface area contributed by atoms with Crippen LogP contribution in [0.1, 0.15) is 15.9 Å². The number of halogens is 3. The molecule has 0 radical (unpaired) electrons. The Morgan fingerprint density at radius 2 is 1.92 bits per heavy atom. The summed E-state index contributed by atoms with van der Waals surface area (Å²) >= 11 is 0. The molecule has 1 fully saturated rings. The zero-order valence-electron chi connectivity index (χ0n) is 13.5. The van der Waals surface area contributed by atoms with Crippen LogP contribution in [-0.2, 0) is 11.0 Å². The Balaban J connectivity index is 1.67. The third-order valence-electron chi connectivity index (χ3n) is 4.34. The fourth-order valence-corrected chi connectivity index (χ4v) is 2.55. The fourth-order valence-electron chi connectivity index (χ4n) is 2.55. The molecular weight excluding hydrogens is 351 g/mol. The van der Waals surface area contributed by atoms with Gasteiger partial charge in [-0.05, 0) is 24.3 Å². The van der Waals surface area contributed by atoms with Crippen molar-refractivity contribution < 1.29 is 22.8 Å². The van der Waals surface area contributed by atoms with E-state index in [0.29, 0.717) is 18.8 Å². The predicted molar refractivity (Wildman–Crippen MR) is 85.4 cm³/mol. The number of benzene rings is 1. The normalized spacial score (nSPS) is 16.0. The average Bonchev–Trinajstić information content (AvgIpc) is 3.02. The molecule has 2 aromatic rings. The first-order valence-corrected chi connectivity index (χ1v) is 7.72. The predicted octanol–water partition coefficient (Wildman–Crippen LogP) is 0.696. The van der Waals surface area contributed by atoms with Crippen molar-refractivity contribution in [3.63, 3.8) is 0 Å². The van der Waals surface area contributed by atoms with E-state index in [1.165, 1.54) is 29.2 Å². The summed E-state index contributed by atoms with van der Waals surface area (Å²) in [7, 11) is 0. The zero-order chi connectivity index (χ0) is 18.9. The molecule has 0 aliphatic carbocycles. The summed E-state index contributed by atoms with van der Waals surface area (Å²) in [5, 5.41) is 9.56. The number of primary amides is 1. The lowest BCUT2D eigenvalue weighted by Crippen LogP contribution is -2.65. The van der Waals surface area contributed by atoms with Crippen molar-refractivity contribution in [2.45, 2.75) is 6.18 Å². The number of carbonyl (C=O) groups is 2. The van der Waals surface area contributed by atoms with Crippen LogP contribution in [0.15, 0.2) is 36.7 Å². The number of nitrogens with two attached hydrogens (primary N) is 1. The number of hydrogen-bond acceptors (Lipinski definition) is 4. The Morgan fingerprint density at radius 1 is 1.27 bits per heavy atom. The lowest BCUT2D eigenvalue weighted by atomic mass is 9.81. The molecule has 1 saturated heterocycles. The van der Waals surface area contributed by atoms with Crippen molar-refractivity contribution >= 4 is 11.8 Å². The number of nitrogens with one attached hydrogen (secondary N) is 2. The van der Waals surface area contributed by atoms with Gasteiger partial charge in [-0.15, -0.1) is 0 Å². The van der Waals surface area contributed by atoms with Gasteiger partial charge in [-0.25, -0.2) is 4.68 Å². The van der Waals surface area contributed by atoms with Crippen molar-refractivity contribution in [1.29, 1.82) is 0 Å². The van der Waals surface area contributed by atoms with Crippen molar-refractivity contribution in [2.75, 3.05) is 19.6 Å².